The van der Waals surface area contributed by atoms with Crippen molar-refractivity contribution in [1.82, 2.24) is 18.3 Å². The molecule has 9 nitrogen and oxygen atoms in total. The van der Waals surface area contributed by atoms with Crippen LogP contribution in [0.15, 0.2) is 59.6 Å². The molecule has 2 amide bonds. The van der Waals surface area contributed by atoms with Gasteiger partial charge in [0.25, 0.3) is 5.91 Å². The van der Waals surface area contributed by atoms with E-state index in [4.69, 9.17) is 5.73 Å². The smallest absolute Gasteiger partial charge is 0.265 e. The van der Waals surface area contributed by atoms with Crippen LogP contribution >= 0.6 is 0 Å². The maximum absolute atomic E-state index is 13.0. The Morgan fingerprint density at radius 2 is 1.66 bits per heavy atom. The Labute approximate surface area is 205 Å². The molecule has 0 aliphatic carbocycles. The van der Waals surface area contributed by atoms with E-state index in [0.717, 1.165) is 22.6 Å². The molecule has 184 valence electrons. The van der Waals surface area contributed by atoms with E-state index in [1.165, 1.54) is 27.2 Å². The fourth-order valence-electron chi connectivity index (χ4n) is 4.42. The number of nitrogens with two attached hydrogens (primary N) is 1. The number of aromatic nitrogens is 2. The van der Waals surface area contributed by atoms with Gasteiger partial charge in [-0.3, -0.25) is 9.59 Å². The van der Waals surface area contributed by atoms with Crippen LogP contribution in [-0.4, -0.2) is 64.8 Å². The molecule has 0 bridgehead atoms. The Bertz CT molecular complexity index is 1390. The summed E-state index contributed by atoms with van der Waals surface area (Å²) in [7, 11) is -2.22. The van der Waals surface area contributed by atoms with E-state index < -0.39 is 15.9 Å². The first kappa shape index (κ1) is 24.5. The number of rotatable bonds is 6. The van der Waals surface area contributed by atoms with Crippen LogP contribution < -0.4 is 5.73 Å². The highest BCUT2D eigenvalue weighted by atomic mass is 32.2. The zero-order chi connectivity index (χ0) is 25.3. The van der Waals surface area contributed by atoms with E-state index in [-0.39, 0.29) is 42.7 Å². The van der Waals surface area contributed by atoms with Gasteiger partial charge < -0.3 is 19.8 Å². The summed E-state index contributed by atoms with van der Waals surface area (Å²) in [5.74, 6) is -0.858. The number of sulfonamides is 1. The van der Waals surface area contributed by atoms with Crippen LogP contribution in [0, 0.1) is 13.8 Å². The quantitative estimate of drug-likeness (QED) is 0.528. The third-order valence-electron chi connectivity index (χ3n) is 6.31. The predicted molar refractivity (Wildman–Crippen MR) is 134 cm³/mol. The van der Waals surface area contributed by atoms with Crippen LogP contribution in [0.1, 0.15) is 27.4 Å². The van der Waals surface area contributed by atoms with Gasteiger partial charge in [-0.05, 0) is 49.8 Å². The number of hydrogen-bond acceptors (Lipinski definition) is 4. The number of piperazine rings is 1. The van der Waals surface area contributed by atoms with E-state index in [2.05, 4.69) is 4.57 Å². The van der Waals surface area contributed by atoms with Gasteiger partial charge in [0.15, 0.2) is 0 Å². The fraction of sp³-hybridized carbons (Fsp3) is 0.280. The molecule has 1 aromatic carbocycles. The summed E-state index contributed by atoms with van der Waals surface area (Å²) < 4.78 is 30.8. The summed E-state index contributed by atoms with van der Waals surface area (Å²) in [5, 5.41) is 0. The van der Waals surface area contributed by atoms with Crippen molar-refractivity contribution in [3.05, 3.63) is 77.4 Å². The van der Waals surface area contributed by atoms with E-state index in [0.29, 0.717) is 0 Å². The highest BCUT2D eigenvalue weighted by molar-refractivity contribution is 7.89. The predicted octanol–water partition coefficient (Wildman–Crippen LogP) is 2.08. The lowest BCUT2D eigenvalue weighted by molar-refractivity contribution is -0.127. The Kier molecular flexibility index (Phi) is 6.68. The van der Waals surface area contributed by atoms with Crippen LogP contribution in [0.3, 0.4) is 0 Å². The molecular formula is C25H29N5O4S. The maximum atomic E-state index is 13.0. The van der Waals surface area contributed by atoms with Crippen LogP contribution in [0.5, 0.6) is 0 Å². The molecule has 10 heteroatoms. The molecule has 0 spiro atoms. The van der Waals surface area contributed by atoms with Gasteiger partial charge in [-0.1, -0.05) is 18.2 Å². The minimum absolute atomic E-state index is 0.0160. The zero-order valence-corrected chi connectivity index (χ0v) is 20.8. The first-order chi connectivity index (χ1) is 16.6. The molecule has 2 aromatic heterocycles. The fourth-order valence-corrected chi connectivity index (χ4v) is 5.91. The van der Waals surface area contributed by atoms with Gasteiger partial charge in [-0.2, -0.15) is 4.31 Å². The van der Waals surface area contributed by atoms with Crippen LogP contribution in [0.25, 0.3) is 11.8 Å². The summed E-state index contributed by atoms with van der Waals surface area (Å²) in [6.07, 6.45) is 4.72. The molecule has 0 saturated carbocycles. The Morgan fingerprint density at radius 1 is 1.00 bits per heavy atom. The minimum atomic E-state index is -3.79. The molecule has 35 heavy (non-hydrogen) atoms. The Balaban J connectivity index is 1.42. The molecule has 3 heterocycles. The number of nitrogens with zero attached hydrogens (tertiary/aromatic N) is 4. The summed E-state index contributed by atoms with van der Waals surface area (Å²) >= 11 is 0. The molecule has 1 aliphatic heterocycles. The summed E-state index contributed by atoms with van der Waals surface area (Å²) in [6, 6.07) is 13.3. The van der Waals surface area contributed by atoms with Gasteiger partial charge in [-0.25, -0.2) is 8.42 Å². The summed E-state index contributed by atoms with van der Waals surface area (Å²) in [6.45, 7) is 4.94. The van der Waals surface area contributed by atoms with Crippen LogP contribution in [0.2, 0.25) is 0 Å². The molecule has 1 fully saturated rings. The number of carbonyl (C=O) groups excluding carboxylic acids is 2. The SMILES string of the molecule is Cc1cc(/C=C/C(=O)N2CCN(S(=O)(=O)c3cc(C(N)=O)n(C)c3)CC2)c(C)n1-c1ccccc1. The third kappa shape index (κ3) is 4.80. The molecule has 0 radical (unpaired) electrons. The zero-order valence-electron chi connectivity index (χ0n) is 20.0. The summed E-state index contributed by atoms with van der Waals surface area (Å²) in [5.41, 5.74) is 9.54. The van der Waals surface area contributed by atoms with Gasteiger partial charge in [0.1, 0.15) is 10.6 Å². The second kappa shape index (κ2) is 9.55. The van der Waals surface area contributed by atoms with E-state index in [1.807, 2.05) is 56.3 Å². The third-order valence-corrected chi connectivity index (χ3v) is 8.17. The lowest BCUT2D eigenvalue weighted by Crippen LogP contribution is -2.50. The van der Waals surface area contributed by atoms with Crippen LogP contribution in [-0.2, 0) is 21.9 Å². The number of amides is 2. The monoisotopic (exact) mass is 495 g/mol. The number of benzene rings is 1. The minimum Gasteiger partial charge on any atom is -0.364 e. The molecule has 4 rings (SSSR count). The van der Waals surface area contributed by atoms with E-state index in [9.17, 15) is 18.0 Å². The standard InChI is InChI=1S/C25H29N5O4S/c1-18-15-20(19(2)30(18)21-7-5-4-6-8-21)9-10-24(31)28-11-13-29(14-12-28)35(33,34)22-16-23(25(26)32)27(3)17-22/h4-10,15-17H,11-14H2,1-3H3,(H2,26,32)/b10-9+. The average Bonchev–Trinajstić information content (AvgIpc) is 3.37. The number of para-hydroxylation sites is 1. The van der Waals surface area contributed by atoms with Gasteiger partial charge in [-0.15, -0.1) is 0 Å². The summed E-state index contributed by atoms with van der Waals surface area (Å²) in [4.78, 5) is 25.9. The van der Waals surface area contributed by atoms with Crippen molar-refractivity contribution < 1.29 is 18.0 Å². The van der Waals surface area contributed by atoms with Gasteiger partial charge in [0, 0.05) is 62.6 Å². The highest BCUT2D eigenvalue weighted by Gasteiger charge is 2.31. The van der Waals surface area contributed by atoms with Crippen molar-refractivity contribution in [2.45, 2.75) is 18.7 Å². The lowest BCUT2D eigenvalue weighted by Gasteiger charge is -2.33. The molecule has 3 aromatic rings. The van der Waals surface area contributed by atoms with Crippen molar-refractivity contribution in [2.75, 3.05) is 26.2 Å². The number of carbonyl (C=O) groups is 2. The number of hydrogen-bond donors (Lipinski definition) is 1. The molecule has 2 N–H and O–H groups in total. The van der Waals surface area contributed by atoms with Crippen molar-refractivity contribution in [2.24, 2.45) is 12.8 Å². The second-order valence-corrected chi connectivity index (χ2v) is 10.5. The van der Waals surface area contributed by atoms with E-state index >= 15 is 0 Å². The Hall–Kier alpha value is -3.63. The van der Waals surface area contributed by atoms with Crippen molar-refractivity contribution in [1.29, 1.82) is 0 Å². The highest BCUT2D eigenvalue weighted by Crippen LogP contribution is 2.23. The second-order valence-electron chi connectivity index (χ2n) is 8.60. The van der Waals surface area contributed by atoms with Crippen LogP contribution in [0.4, 0.5) is 0 Å². The van der Waals surface area contributed by atoms with Crippen molar-refractivity contribution >= 4 is 27.9 Å². The normalized spacial score (nSPS) is 15.1. The molecular weight excluding hydrogens is 466 g/mol. The number of primary amides is 1. The van der Waals surface area contributed by atoms with Gasteiger partial charge in [0.05, 0.1) is 0 Å². The molecule has 0 atom stereocenters. The molecule has 0 unspecified atom stereocenters. The van der Waals surface area contributed by atoms with Gasteiger partial charge >= 0.3 is 0 Å². The van der Waals surface area contributed by atoms with Crippen molar-refractivity contribution in [3.63, 3.8) is 0 Å². The van der Waals surface area contributed by atoms with E-state index in [1.54, 1.807) is 11.9 Å². The molecule has 1 saturated heterocycles. The maximum Gasteiger partial charge on any atom is 0.265 e. The first-order valence-corrected chi connectivity index (χ1v) is 12.7. The average molecular weight is 496 g/mol. The van der Waals surface area contributed by atoms with Gasteiger partial charge in [0.2, 0.25) is 15.9 Å². The Morgan fingerprint density at radius 3 is 2.26 bits per heavy atom. The topological polar surface area (TPSA) is 111 Å². The first-order valence-electron chi connectivity index (χ1n) is 11.3. The molecule has 1 aliphatic rings. The number of aryl methyl sites for hydroxylation is 2. The van der Waals surface area contributed by atoms with Crippen molar-refractivity contribution in [3.8, 4) is 5.69 Å². The largest absolute Gasteiger partial charge is 0.364 e. The lowest BCUT2D eigenvalue weighted by atomic mass is 10.2.